The first kappa shape index (κ1) is 18.0. The van der Waals surface area contributed by atoms with Crippen LogP contribution in [0.3, 0.4) is 0 Å². The normalized spacial score (nSPS) is 12.7. The van der Waals surface area contributed by atoms with Crippen LogP contribution in [0.5, 0.6) is 11.5 Å². The van der Waals surface area contributed by atoms with E-state index < -0.39 is 0 Å². The smallest absolute Gasteiger partial charge is 0.231 e. The Balaban J connectivity index is 1.62. The molecule has 1 aromatic carbocycles. The molecule has 2 aromatic heterocycles. The number of fused-ring (bicyclic) bond motifs is 1. The average molecular weight is 385 g/mol. The first-order chi connectivity index (χ1) is 13.2. The third-order valence-electron chi connectivity index (χ3n) is 4.43. The van der Waals surface area contributed by atoms with Gasteiger partial charge in [-0.05, 0) is 51.1 Å². The molecule has 0 saturated carbocycles. The second-order valence-electron chi connectivity index (χ2n) is 6.62. The number of aryl methyl sites for hydroxylation is 2. The Labute approximate surface area is 163 Å². The van der Waals surface area contributed by atoms with Crippen molar-refractivity contribution in [2.24, 2.45) is 0 Å². The van der Waals surface area contributed by atoms with Gasteiger partial charge in [-0.2, -0.15) is 0 Å². The molecule has 0 unspecified atom stereocenters. The van der Waals surface area contributed by atoms with Crippen LogP contribution in [0.1, 0.15) is 31.3 Å². The van der Waals surface area contributed by atoms with Gasteiger partial charge in [0.15, 0.2) is 11.5 Å². The van der Waals surface area contributed by atoms with Crippen molar-refractivity contribution >= 4 is 11.3 Å². The summed E-state index contributed by atoms with van der Waals surface area (Å²) in [6.07, 6.45) is 3.10. The van der Waals surface area contributed by atoms with Gasteiger partial charge in [-0.25, -0.2) is 9.97 Å². The van der Waals surface area contributed by atoms with Crippen LogP contribution in [-0.2, 0) is 6.42 Å². The third kappa shape index (κ3) is 3.99. The summed E-state index contributed by atoms with van der Waals surface area (Å²) in [6, 6.07) is 5.99. The van der Waals surface area contributed by atoms with Crippen molar-refractivity contribution in [2.75, 3.05) is 19.9 Å². The number of benzene rings is 1. The van der Waals surface area contributed by atoms with E-state index in [2.05, 4.69) is 27.6 Å². The maximum absolute atomic E-state index is 5.54. The van der Waals surface area contributed by atoms with Gasteiger partial charge in [-0.15, -0.1) is 11.3 Å². The van der Waals surface area contributed by atoms with Gasteiger partial charge in [0, 0.05) is 23.1 Å². The van der Waals surface area contributed by atoms with Gasteiger partial charge in [0.25, 0.3) is 0 Å². The van der Waals surface area contributed by atoms with Gasteiger partial charge in [-0.1, -0.05) is 6.92 Å². The van der Waals surface area contributed by atoms with Gasteiger partial charge in [0.1, 0.15) is 16.5 Å². The van der Waals surface area contributed by atoms with Crippen LogP contribution in [0.2, 0.25) is 0 Å². The van der Waals surface area contributed by atoms with Gasteiger partial charge in [-0.3, -0.25) is 0 Å². The molecular formula is C20H24N4O2S. The number of nitrogens with one attached hydrogen (secondary N) is 2. The number of H-pyrrole nitrogens is 1. The standard InChI is InChI=1S/C20H24N4O2S/c1-3-8-21-9-4-5-17-23-18(19(24-17)20-22-13(2)11-27-20)14-6-7-15-16(10-14)26-12-25-15/h6-7,10-11,21H,3-5,8-9,12H2,1-2H3,(H,23,24). The van der Waals surface area contributed by atoms with E-state index in [-0.39, 0.29) is 6.79 Å². The Morgan fingerprint density at radius 1 is 1.19 bits per heavy atom. The number of thiazole rings is 1. The van der Waals surface area contributed by atoms with Crippen molar-refractivity contribution in [3.63, 3.8) is 0 Å². The molecule has 0 fully saturated rings. The number of hydrogen-bond donors (Lipinski definition) is 2. The number of aromatic amines is 1. The van der Waals surface area contributed by atoms with Crippen molar-refractivity contribution in [3.05, 3.63) is 35.1 Å². The molecular weight excluding hydrogens is 360 g/mol. The molecule has 6 nitrogen and oxygen atoms in total. The summed E-state index contributed by atoms with van der Waals surface area (Å²) >= 11 is 1.62. The highest BCUT2D eigenvalue weighted by Crippen LogP contribution is 2.38. The van der Waals surface area contributed by atoms with E-state index in [1.54, 1.807) is 11.3 Å². The number of rotatable bonds is 8. The molecule has 1 aliphatic heterocycles. The molecule has 3 aromatic rings. The molecule has 0 saturated heterocycles. The summed E-state index contributed by atoms with van der Waals surface area (Å²) in [7, 11) is 0. The molecule has 2 N–H and O–H groups in total. The highest BCUT2D eigenvalue weighted by molar-refractivity contribution is 7.13. The predicted octanol–water partition coefficient (Wildman–Crippen LogP) is 4.17. The minimum absolute atomic E-state index is 0.274. The maximum atomic E-state index is 5.54. The Hall–Kier alpha value is -2.38. The van der Waals surface area contributed by atoms with Gasteiger partial charge < -0.3 is 19.8 Å². The molecule has 0 atom stereocenters. The molecule has 0 spiro atoms. The number of hydrogen-bond acceptors (Lipinski definition) is 6. The van der Waals surface area contributed by atoms with Crippen LogP contribution < -0.4 is 14.8 Å². The Kier molecular flexibility index (Phi) is 5.40. The maximum Gasteiger partial charge on any atom is 0.231 e. The lowest BCUT2D eigenvalue weighted by Gasteiger charge is -2.03. The fourth-order valence-electron chi connectivity index (χ4n) is 3.10. The fraction of sp³-hybridized carbons (Fsp3) is 0.400. The SMILES string of the molecule is CCCNCCCc1nc(-c2nc(C)cs2)c(-c2ccc3c(c2)OCO3)[nH]1. The van der Waals surface area contributed by atoms with Crippen molar-refractivity contribution in [1.82, 2.24) is 20.3 Å². The van der Waals surface area contributed by atoms with E-state index in [1.807, 2.05) is 25.1 Å². The highest BCUT2D eigenvalue weighted by Gasteiger charge is 2.20. The zero-order valence-electron chi connectivity index (χ0n) is 15.7. The molecule has 0 radical (unpaired) electrons. The van der Waals surface area contributed by atoms with Crippen LogP contribution in [-0.4, -0.2) is 34.8 Å². The number of ether oxygens (including phenoxy) is 2. The minimum atomic E-state index is 0.274. The van der Waals surface area contributed by atoms with E-state index in [0.29, 0.717) is 0 Å². The Morgan fingerprint density at radius 3 is 2.89 bits per heavy atom. The van der Waals surface area contributed by atoms with Gasteiger partial charge in [0.05, 0.1) is 5.69 Å². The zero-order chi connectivity index (χ0) is 18.6. The van der Waals surface area contributed by atoms with Gasteiger partial charge >= 0.3 is 0 Å². The molecule has 0 aliphatic carbocycles. The monoisotopic (exact) mass is 384 g/mol. The molecule has 7 heteroatoms. The molecule has 27 heavy (non-hydrogen) atoms. The second-order valence-corrected chi connectivity index (χ2v) is 7.48. The van der Waals surface area contributed by atoms with Crippen LogP contribution in [0, 0.1) is 6.92 Å². The van der Waals surface area contributed by atoms with Crippen LogP contribution in [0.25, 0.3) is 22.0 Å². The third-order valence-corrected chi connectivity index (χ3v) is 5.40. The van der Waals surface area contributed by atoms with E-state index >= 15 is 0 Å². The number of aromatic nitrogens is 3. The van der Waals surface area contributed by atoms with Crippen molar-refractivity contribution in [3.8, 4) is 33.5 Å². The molecule has 3 heterocycles. The van der Waals surface area contributed by atoms with Crippen LogP contribution in [0.4, 0.5) is 0 Å². The topological polar surface area (TPSA) is 72.1 Å². The highest BCUT2D eigenvalue weighted by atomic mass is 32.1. The van der Waals surface area contributed by atoms with Crippen molar-refractivity contribution in [1.29, 1.82) is 0 Å². The van der Waals surface area contributed by atoms with Crippen molar-refractivity contribution < 1.29 is 9.47 Å². The Morgan fingerprint density at radius 2 is 2.07 bits per heavy atom. The van der Waals surface area contributed by atoms with E-state index in [0.717, 1.165) is 77.3 Å². The first-order valence-electron chi connectivity index (χ1n) is 9.36. The van der Waals surface area contributed by atoms with Crippen LogP contribution >= 0.6 is 11.3 Å². The van der Waals surface area contributed by atoms with Gasteiger partial charge in [0.2, 0.25) is 6.79 Å². The first-order valence-corrected chi connectivity index (χ1v) is 10.2. The predicted molar refractivity (Wildman–Crippen MR) is 107 cm³/mol. The Bertz CT molecular complexity index is 919. The second kappa shape index (κ2) is 8.10. The fourth-order valence-corrected chi connectivity index (χ4v) is 3.89. The summed E-state index contributed by atoms with van der Waals surface area (Å²) in [4.78, 5) is 13.0. The lowest BCUT2D eigenvalue weighted by molar-refractivity contribution is 0.174. The molecule has 0 amide bonds. The average Bonchev–Trinajstić information content (AvgIpc) is 3.39. The summed E-state index contributed by atoms with van der Waals surface area (Å²) in [5.41, 5.74) is 3.94. The van der Waals surface area contributed by atoms with Crippen LogP contribution in [0.15, 0.2) is 23.6 Å². The van der Waals surface area contributed by atoms with E-state index in [4.69, 9.17) is 14.5 Å². The summed E-state index contributed by atoms with van der Waals surface area (Å²) in [5.74, 6) is 2.55. The van der Waals surface area contributed by atoms with E-state index in [9.17, 15) is 0 Å². The lowest BCUT2D eigenvalue weighted by atomic mass is 10.1. The quantitative estimate of drug-likeness (QED) is 0.570. The summed E-state index contributed by atoms with van der Waals surface area (Å²) in [6.45, 7) is 6.52. The largest absolute Gasteiger partial charge is 0.454 e. The summed E-state index contributed by atoms with van der Waals surface area (Å²) < 4.78 is 11.0. The summed E-state index contributed by atoms with van der Waals surface area (Å²) in [5, 5.41) is 6.43. The minimum Gasteiger partial charge on any atom is -0.454 e. The number of imidazole rings is 1. The van der Waals surface area contributed by atoms with E-state index in [1.165, 1.54) is 0 Å². The molecule has 142 valence electrons. The zero-order valence-corrected chi connectivity index (χ0v) is 16.5. The lowest BCUT2D eigenvalue weighted by Crippen LogP contribution is -2.16. The molecule has 0 bridgehead atoms. The number of nitrogens with zero attached hydrogens (tertiary/aromatic N) is 2. The van der Waals surface area contributed by atoms with Crippen molar-refractivity contribution in [2.45, 2.75) is 33.1 Å². The molecule has 4 rings (SSSR count). The molecule has 1 aliphatic rings.